The average Bonchev–Trinajstić information content (AvgIpc) is 2.76. The van der Waals surface area contributed by atoms with E-state index in [2.05, 4.69) is 14.8 Å². The molecule has 1 saturated heterocycles. The fourth-order valence-electron chi connectivity index (χ4n) is 2.83. The van der Waals surface area contributed by atoms with E-state index in [1.54, 1.807) is 0 Å². The highest BCUT2D eigenvalue weighted by Gasteiger charge is 2.24. The van der Waals surface area contributed by atoms with Crippen molar-refractivity contribution in [2.45, 2.75) is 44.7 Å². The molecule has 0 radical (unpaired) electrons. The van der Waals surface area contributed by atoms with E-state index in [9.17, 15) is 0 Å². The maximum atomic E-state index is 6.05. The smallest absolute Gasteiger partial charge is 0.149 e. The number of hydrogen-bond acceptors (Lipinski definition) is 4. The molecule has 1 aromatic heterocycles. The second-order valence-electron chi connectivity index (χ2n) is 5.13. The Bertz CT molecular complexity index is 384. The molecule has 0 aromatic carbocycles. The van der Waals surface area contributed by atoms with Crippen LogP contribution in [-0.4, -0.2) is 28.0 Å². The summed E-state index contributed by atoms with van der Waals surface area (Å²) in [5.74, 6) is 2.82. The van der Waals surface area contributed by atoms with E-state index < -0.39 is 0 Å². The fourth-order valence-corrected chi connectivity index (χ4v) is 2.83. The third kappa shape index (κ3) is 2.21. The van der Waals surface area contributed by atoms with Crippen LogP contribution < -0.4 is 5.73 Å². The standard InChI is InChI=1S/C12H20N4O/c13-10-2-1-5-16-11(14-15-12(10)16)8-9-3-6-17-7-4-9/h9-10H,1-8,13H2. The molecule has 5 nitrogen and oxygen atoms in total. The maximum absolute atomic E-state index is 6.05. The third-order valence-corrected chi connectivity index (χ3v) is 3.90. The van der Waals surface area contributed by atoms with Crippen LogP contribution >= 0.6 is 0 Å². The molecule has 0 bridgehead atoms. The lowest BCUT2D eigenvalue weighted by Gasteiger charge is -2.24. The van der Waals surface area contributed by atoms with Gasteiger partial charge in [0.15, 0.2) is 0 Å². The quantitative estimate of drug-likeness (QED) is 0.833. The highest BCUT2D eigenvalue weighted by molar-refractivity contribution is 5.04. The molecule has 1 aromatic rings. The van der Waals surface area contributed by atoms with Gasteiger partial charge in [-0.05, 0) is 31.6 Å². The zero-order valence-corrected chi connectivity index (χ0v) is 10.1. The highest BCUT2D eigenvalue weighted by Crippen LogP contribution is 2.25. The van der Waals surface area contributed by atoms with Crippen molar-refractivity contribution < 1.29 is 4.74 Å². The molecular weight excluding hydrogens is 216 g/mol. The molecule has 1 fully saturated rings. The van der Waals surface area contributed by atoms with Gasteiger partial charge in [-0.15, -0.1) is 10.2 Å². The molecule has 2 N–H and O–H groups in total. The number of aromatic nitrogens is 3. The van der Waals surface area contributed by atoms with Gasteiger partial charge in [0.05, 0.1) is 6.04 Å². The Morgan fingerprint density at radius 2 is 2.06 bits per heavy atom. The maximum Gasteiger partial charge on any atom is 0.149 e. The summed E-state index contributed by atoms with van der Waals surface area (Å²) in [4.78, 5) is 0. The summed E-state index contributed by atoms with van der Waals surface area (Å²) in [5.41, 5.74) is 6.05. The van der Waals surface area contributed by atoms with Crippen molar-refractivity contribution in [1.29, 1.82) is 0 Å². The Labute approximate surface area is 101 Å². The minimum atomic E-state index is 0.0830. The first kappa shape index (κ1) is 11.2. The van der Waals surface area contributed by atoms with Gasteiger partial charge in [-0.25, -0.2) is 0 Å². The lowest BCUT2D eigenvalue weighted by atomic mass is 9.96. The molecular formula is C12H20N4O. The molecule has 1 unspecified atom stereocenters. The summed E-state index contributed by atoms with van der Waals surface area (Å²) in [6, 6.07) is 0.0830. The second kappa shape index (κ2) is 4.74. The molecule has 1 atom stereocenters. The van der Waals surface area contributed by atoms with Crippen molar-refractivity contribution in [3.05, 3.63) is 11.6 Å². The third-order valence-electron chi connectivity index (χ3n) is 3.90. The Kier molecular flexibility index (Phi) is 3.11. The van der Waals surface area contributed by atoms with Gasteiger partial charge < -0.3 is 15.0 Å². The monoisotopic (exact) mass is 236 g/mol. The molecule has 3 heterocycles. The molecule has 0 amide bonds. The lowest BCUT2D eigenvalue weighted by Crippen LogP contribution is -2.24. The van der Waals surface area contributed by atoms with E-state index in [0.29, 0.717) is 5.92 Å². The summed E-state index contributed by atoms with van der Waals surface area (Å²) in [5, 5.41) is 8.59. The predicted molar refractivity (Wildman–Crippen MR) is 63.4 cm³/mol. The number of ether oxygens (including phenoxy) is 1. The van der Waals surface area contributed by atoms with Crippen LogP contribution in [0.4, 0.5) is 0 Å². The largest absolute Gasteiger partial charge is 0.381 e. The van der Waals surface area contributed by atoms with Gasteiger partial charge in [0.25, 0.3) is 0 Å². The number of nitrogens with zero attached hydrogens (tertiary/aromatic N) is 3. The van der Waals surface area contributed by atoms with Crippen LogP contribution in [0.15, 0.2) is 0 Å². The van der Waals surface area contributed by atoms with Crippen LogP contribution in [0.5, 0.6) is 0 Å². The average molecular weight is 236 g/mol. The zero-order chi connectivity index (χ0) is 11.7. The Balaban J connectivity index is 1.74. The summed E-state index contributed by atoms with van der Waals surface area (Å²) >= 11 is 0. The van der Waals surface area contributed by atoms with Crippen LogP contribution in [0.1, 0.15) is 43.4 Å². The SMILES string of the molecule is NC1CCCn2c(CC3CCOCC3)nnc21. The molecule has 5 heteroatoms. The topological polar surface area (TPSA) is 66.0 Å². The van der Waals surface area contributed by atoms with Crippen LogP contribution in [-0.2, 0) is 17.7 Å². The van der Waals surface area contributed by atoms with Gasteiger partial charge in [-0.3, -0.25) is 0 Å². The Morgan fingerprint density at radius 3 is 2.88 bits per heavy atom. The van der Waals surface area contributed by atoms with Crippen molar-refractivity contribution in [2.24, 2.45) is 11.7 Å². The highest BCUT2D eigenvalue weighted by atomic mass is 16.5. The molecule has 0 saturated carbocycles. The molecule has 0 aliphatic carbocycles. The van der Waals surface area contributed by atoms with E-state index in [1.165, 1.54) is 0 Å². The Hall–Kier alpha value is -0.940. The first-order valence-electron chi connectivity index (χ1n) is 6.60. The van der Waals surface area contributed by atoms with Gasteiger partial charge in [0.2, 0.25) is 0 Å². The number of nitrogens with two attached hydrogens (primary N) is 1. The number of hydrogen-bond donors (Lipinski definition) is 1. The van der Waals surface area contributed by atoms with Gasteiger partial charge in [-0.1, -0.05) is 0 Å². The van der Waals surface area contributed by atoms with Crippen molar-refractivity contribution in [2.75, 3.05) is 13.2 Å². The predicted octanol–water partition coefficient (Wildman–Crippen LogP) is 1.04. The van der Waals surface area contributed by atoms with Gasteiger partial charge in [-0.2, -0.15) is 0 Å². The van der Waals surface area contributed by atoms with E-state index in [4.69, 9.17) is 10.5 Å². The fraction of sp³-hybridized carbons (Fsp3) is 0.833. The second-order valence-corrected chi connectivity index (χ2v) is 5.13. The van der Waals surface area contributed by atoms with Crippen LogP contribution in [0.3, 0.4) is 0 Å². The molecule has 2 aliphatic rings. The minimum absolute atomic E-state index is 0.0830. The van der Waals surface area contributed by atoms with E-state index >= 15 is 0 Å². The van der Waals surface area contributed by atoms with Crippen LogP contribution in [0.25, 0.3) is 0 Å². The molecule has 0 spiro atoms. The number of rotatable bonds is 2. The molecule has 2 aliphatic heterocycles. The minimum Gasteiger partial charge on any atom is -0.381 e. The molecule has 94 valence electrons. The van der Waals surface area contributed by atoms with Crippen LogP contribution in [0.2, 0.25) is 0 Å². The number of fused-ring (bicyclic) bond motifs is 1. The summed E-state index contributed by atoms with van der Waals surface area (Å²) in [6.07, 6.45) is 5.51. The summed E-state index contributed by atoms with van der Waals surface area (Å²) in [6.45, 7) is 2.82. The zero-order valence-electron chi connectivity index (χ0n) is 10.1. The van der Waals surface area contributed by atoms with Crippen LogP contribution in [0, 0.1) is 5.92 Å². The van der Waals surface area contributed by atoms with Crippen molar-refractivity contribution in [3.8, 4) is 0 Å². The van der Waals surface area contributed by atoms with Crippen molar-refractivity contribution in [3.63, 3.8) is 0 Å². The van der Waals surface area contributed by atoms with E-state index in [0.717, 1.165) is 63.5 Å². The van der Waals surface area contributed by atoms with Gasteiger partial charge in [0.1, 0.15) is 11.6 Å². The molecule has 17 heavy (non-hydrogen) atoms. The van der Waals surface area contributed by atoms with E-state index in [1.807, 2.05) is 0 Å². The van der Waals surface area contributed by atoms with Gasteiger partial charge in [0, 0.05) is 26.2 Å². The summed E-state index contributed by atoms with van der Waals surface area (Å²) < 4.78 is 7.63. The first-order chi connectivity index (χ1) is 8.34. The molecule has 3 rings (SSSR count). The van der Waals surface area contributed by atoms with Crippen molar-refractivity contribution >= 4 is 0 Å². The summed E-state index contributed by atoms with van der Waals surface area (Å²) in [7, 11) is 0. The normalized spacial score (nSPS) is 25.8. The lowest BCUT2D eigenvalue weighted by molar-refractivity contribution is 0.0656. The van der Waals surface area contributed by atoms with E-state index in [-0.39, 0.29) is 6.04 Å². The first-order valence-corrected chi connectivity index (χ1v) is 6.60. The Morgan fingerprint density at radius 1 is 1.24 bits per heavy atom. The van der Waals surface area contributed by atoms with Crippen molar-refractivity contribution in [1.82, 2.24) is 14.8 Å². The van der Waals surface area contributed by atoms with Gasteiger partial charge >= 0.3 is 0 Å².